The van der Waals surface area contributed by atoms with Crippen LogP contribution in [0.15, 0.2) is 48.5 Å². The van der Waals surface area contributed by atoms with Crippen LogP contribution in [0, 0.1) is 0 Å². The molecular weight excluding hydrogens is 362 g/mol. The van der Waals surface area contributed by atoms with Gasteiger partial charge in [0.2, 0.25) is 0 Å². The summed E-state index contributed by atoms with van der Waals surface area (Å²) in [6.07, 6.45) is 8.17. The second-order valence-corrected chi connectivity index (χ2v) is 7.97. The molecule has 2 aromatic carbocycles. The standard InChI is InChI=1S/C25H35NO3/c1-28-24-14-8-20(9-15-24)6-12-22-4-3-5-23(26(22)18-19-27)13-7-21-10-16-25(29-2)17-11-21/h8-11,14-17,22-23,27H,3-7,12-13,18-19H2,1-2H3. The maximum absolute atomic E-state index is 9.67. The number of likely N-dealkylation sites (tertiary alicyclic amines) is 1. The Bertz CT molecular complexity index is 654. The zero-order valence-corrected chi connectivity index (χ0v) is 17.8. The van der Waals surface area contributed by atoms with Crippen LogP contribution < -0.4 is 9.47 Å². The van der Waals surface area contributed by atoms with Crippen LogP contribution in [0.5, 0.6) is 11.5 Å². The van der Waals surface area contributed by atoms with Gasteiger partial charge in [-0.2, -0.15) is 0 Å². The number of β-amino-alcohol motifs (C(OH)–C–C–N with tert-alkyl or cyclic N) is 1. The number of aliphatic hydroxyl groups excluding tert-OH is 1. The highest BCUT2D eigenvalue weighted by atomic mass is 16.5. The van der Waals surface area contributed by atoms with E-state index >= 15 is 0 Å². The fraction of sp³-hybridized carbons (Fsp3) is 0.520. The molecule has 1 aliphatic heterocycles. The van der Waals surface area contributed by atoms with Crippen molar-refractivity contribution in [2.24, 2.45) is 0 Å². The molecule has 0 aliphatic carbocycles. The summed E-state index contributed by atoms with van der Waals surface area (Å²) < 4.78 is 10.5. The van der Waals surface area contributed by atoms with Crippen LogP contribution in [0.25, 0.3) is 0 Å². The van der Waals surface area contributed by atoms with E-state index in [1.165, 1.54) is 30.4 Å². The van der Waals surface area contributed by atoms with Gasteiger partial charge >= 0.3 is 0 Å². The average Bonchev–Trinajstić information content (AvgIpc) is 2.78. The van der Waals surface area contributed by atoms with Gasteiger partial charge < -0.3 is 14.6 Å². The third kappa shape index (κ3) is 6.22. The van der Waals surface area contributed by atoms with E-state index in [1.807, 2.05) is 24.3 Å². The van der Waals surface area contributed by atoms with Crippen LogP contribution in [-0.2, 0) is 12.8 Å². The van der Waals surface area contributed by atoms with E-state index in [-0.39, 0.29) is 6.61 Å². The zero-order chi connectivity index (χ0) is 20.5. The van der Waals surface area contributed by atoms with E-state index in [9.17, 15) is 5.11 Å². The first-order chi connectivity index (χ1) is 14.2. The van der Waals surface area contributed by atoms with E-state index in [0.29, 0.717) is 12.1 Å². The lowest BCUT2D eigenvalue weighted by Crippen LogP contribution is -2.48. The molecule has 1 heterocycles. The Morgan fingerprint density at radius 2 is 1.24 bits per heavy atom. The Morgan fingerprint density at radius 3 is 1.62 bits per heavy atom. The zero-order valence-electron chi connectivity index (χ0n) is 17.8. The highest BCUT2D eigenvalue weighted by Crippen LogP contribution is 2.29. The molecule has 2 atom stereocenters. The van der Waals surface area contributed by atoms with Crippen molar-refractivity contribution in [2.75, 3.05) is 27.4 Å². The fourth-order valence-corrected chi connectivity index (χ4v) is 4.57. The molecule has 1 saturated heterocycles. The van der Waals surface area contributed by atoms with Crippen molar-refractivity contribution < 1.29 is 14.6 Å². The quantitative estimate of drug-likeness (QED) is 0.642. The average molecular weight is 398 g/mol. The van der Waals surface area contributed by atoms with Gasteiger partial charge in [-0.3, -0.25) is 4.90 Å². The monoisotopic (exact) mass is 397 g/mol. The van der Waals surface area contributed by atoms with E-state index in [2.05, 4.69) is 29.2 Å². The second kappa shape index (κ2) is 11.2. The number of rotatable bonds is 10. The predicted octanol–water partition coefficient (Wildman–Crippen LogP) is 4.48. The number of aryl methyl sites for hydroxylation is 2. The molecule has 4 heteroatoms. The largest absolute Gasteiger partial charge is 0.497 e. The molecule has 0 radical (unpaired) electrons. The van der Waals surface area contributed by atoms with Crippen LogP contribution in [0.2, 0.25) is 0 Å². The first-order valence-corrected chi connectivity index (χ1v) is 10.9. The van der Waals surface area contributed by atoms with Gasteiger partial charge in [-0.1, -0.05) is 30.7 Å². The van der Waals surface area contributed by atoms with Crippen molar-refractivity contribution >= 4 is 0 Å². The van der Waals surface area contributed by atoms with E-state index in [4.69, 9.17) is 9.47 Å². The van der Waals surface area contributed by atoms with Gasteiger partial charge in [0.25, 0.3) is 0 Å². The Hall–Kier alpha value is -2.04. The molecule has 0 aromatic heterocycles. The molecule has 0 spiro atoms. The lowest BCUT2D eigenvalue weighted by atomic mass is 9.88. The Balaban J connectivity index is 1.57. The second-order valence-electron chi connectivity index (χ2n) is 7.97. The first kappa shape index (κ1) is 21.7. The smallest absolute Gasteiger partial charge is 0.118 e. The number of hydrogen-bond acceptors (Lipinski definition) is 4. The summed E-state index contributed by atoms with van der Waals surface area (Å²) in [5, 5.41) is 9.67. The first-order valence-electron chi connectivity index (χ1n) is 10.9. The molecule has 0 bridgehead atoms. The van der Waals surface area contributed by atoms with Crippen molar-refractivity contribution in [1.82, 2.24) is 4.90 Å². The fourth-order valence-electron chi connectivity index (χ4n) is 4.57. The van der Waals surface area contributed by atoms with Crippen molar-refractivity contribution in [3.63, 3.8) is 0 Å². The topological polar surface area (TPSA) is 41.9 Å². The minimum atomic E-state index is 0.234. The number of ether oxygens (including phenoxy) is 2. The van der Waals surface area contributed by atoms with Crippen molar-refractivity contribution in [2.45, 2.75) is 57.0 Å². The SMILES string of the molecule is COc1ccc(CCC2CCCC(CCc3ccc(OC)cc3)N2CCO)cc1. The minimum Gasteiger partial charge on any atom is -0.497 e. The molecule has 158 valence electrons. The van der Waals surface area contributed by atoms with Gasteiger partial charge in [0, 0.05) is 18.6 Å². The van der Waals surface area contributed by atoms with Gasteiger partial charge in [0.05, 0.1) is 20.8 Å². The lowest BCUT2D eigenvalue weighted by Gasteiger charge is -2.42. The predicted molar refractivity (Wildman–Crippen MR) is 118 cm³/mol. The molecule has 1 fully saturated rings. The Morgan fingerprint density at radius 1 is 0.793 bits per heavy atom. The third-order valence-electron chi connectivity index (χ3n) is 6.22. The molecule has 3 rings (SSSR count). The van der Waals surface area contributed by atoms with Gasteiger partial charge in [0.15, 0.2) is 0 Å². The molecule has 1 N–H and O–H groups in total. The van der Waals surface area contributed by atoms with Gasteiger partial charge in [-0.15, -0.1) is 0 Å². The van der Waals surface area contributed by atoms with Crippen LogP contribution >= 0.6 is 0 Å². The molecule has 2 unspecified atom stereocenters. The number of nitrogens with zero attached hydrogens (tertiary/aromatic N) is 1. The highest BCUT2D eigenvalue weighted by molar-refractivity contribution is 5.28. The number of benzene rings is 2. The van der Waals surface area contributed by atoms with E-state index in [1.54, 1.807) is 14.2 Å². The summed E-state index contributed by atoms with van der Waals surface area (Å²) in [7, 11) is 3.41. The van der Waals surface area contributed by atoms with Crippen LogP contribution in [-0.4, -0.2) is 49.5 Å². The summed E-state index contributed by atoms with van der Waals surface area (Å²) in [5.74, 6) is 1.82. The third-order valence-corrected chi connectivity index (χ3v) is 6.22. The summed E-state index contributed by atoms with van der Waals surface area (Å²) in [6.45, 7) is 1.01. The lowest BCUT2D eigenvalue weighted by molar-refractivity contribution is 0.0543. The van der Waals surface area contributed by atoms with Crippen LogP contribution in [0.4, 0.5) is 0 Å². The molecule has 2 aromatic rings. The molecule has 4 nitrogen and oxygen atoms in total. The molecular formula is C25H35NO3. The van der Waals surface area contributed by atoms with Gasteiger partial charge in [-0.05, 0) is 73.9 Å². The summed E-state index contributed by atoms with van der Waals surface area (Å²) in [4.78, 5) is 2.58. The highest BCUT2D eigenvalue weighted by Gasteiger charge is 2.29. The Kier molecular flexibility index (Phi) is 8.38. The van der Waals surface area contributed by atoms with Crippen LogP contribution in [0.3, 0.4) is 0 Å². The number of aliphatic hydroxyl groups is 1. The van der Waals surface area contributed by atoms with Crippen molar-refractivity contribution in [3.8, 4) is 11.5 Å². The summed E-state index contributed by atoms with van der Waals surface area (Å²) in [6, 6.07) is 17.9. The normalized spacial score (nSPS) is 19.8. The molecule has 0 saturated carbocycles. The number of piperidine rings is 1. The molecule has 0 amide bonds. The Labute approximate surface area is 175 Å². The van der Waals surface area contributed by atoms with E-state index < -0.39 is 0 Å². The molecule has 1 aliphatic rings. The number of methoxy groups -OCH3 is 2. The summed E-state index contributed by atoms with van der Waals surface area (Å²) in [5.41, 5.74) is 2.71. The van der Waals surface area contributed by atoms with Crippen molar-refractivity contribution in [1.29, 1.82) is 0 Å². The minimum absolute atomic E-state index is 0.234. The van der Waals surface area contributed by atoms with Crippen LogP contribution in [0.1, 0.15) is 43.2 Å². The van der Waals surface area contributed by atoms with E-state index in [0.717, 1.165) is 43.7 Å². The maximum atomic E-state index is 9.67. The maximum Gasteiger partial charge on any atom is 0.118 e. The van der Waals surface area contributed by atoms with Gasteiger partial charge in [-0.25, -0.2) is 0 Å². The van der Waals surface area contributed by atoms with Gasteiger partial charge in [0.1, 0.15) is 11.5 Å². The number of hydrogen-bond donors (Lipinski definition) is 1. The summed E-state index contributed by atoms with van der Waals surface area (Å²) >= 11 is 0. The van der Waals surface area contributed by atoms with Crippen molar-refractivity contribution in [3.05, 3.63) is 59.7 Å². The molecule has 29 heavy (non-hydrogen) atoms.